The summed E-state index contributed by atoms with van der Waals surface area (Å²) in [6, 6.07) is 0. The number of carbonyl (C=O) groups is 3. The minimum atomic E-state index is -0.213. The molecule has 0 spiro atoms. The highest BCUT2D eigenvalue weighted by Crippen LogP contribution is 2.07. The van der Waals surface area contributed by atoms with Crippen molar-refractivity contribution in [3.63, 3.8) is 0 Å². The zero-order valence-corrected chi connectivity index (χ0v) is 11.4. The fourth-order valence-electron chi connectivity index (χ4n) is 2.04. The van der Waals surface area contributed by atoms with Gasteiger partial charge in [0.2, 0.25) is 17.7 Å². The van der Waals surface area contributed by atoms with Gasteiger partial charge in [0, 0.05) is 19.5 Å². The van der Waals surface area contributed by atoms with Crippen molar-refractivity contribution in [1.29, 1.82) is 0 Å². The van der Waals surface area contributed by atoms with Gasteiger partial charge in [-0.05, 0) is 19.3 Å². The Labute approximate surface area is 113 Å². The number of hydrogen-bond donors (Lipinski definition) is 2. The molecule has 1 aliphatic heterocycles. The van der Waals surface area contributed by atoms with Crippen LogP contribution >= 0.6 is 0 Å². The molecule has 0 aromatic heterocycles. The second kappa shape index (κ2) is 7.73. The summed E-state index contributed by atoms with van der Waals surface area (Å²) in [6.07, 6.45) is 2.54. The molecule has 0 bridgehead atoms. The molecule has 7 heteroatoms. The predicted octanol–water partition coefficient (Wildman–Crippen LogP) is -0.773. The van der Waals surface area contributed by atoms with Gasteiger partial charge < -0.3 is 9.80 Å². The van der Waals surface area contributed by atoms with E-state index in [1.165, 1.54) is 0 Å². The van der Waals surface area contributed by atoms with Crippen LogP contribution in [0.2, 0.25) is 0 Å². The highest BCUT2D eigenvalue weighted by molar-refractivity contribution is 5.92. The smallest absolute Gasteiger partial charge is 0.242 e. The second-order valence-electron chi connectivity index (χ2n) is 4.66. The van der Waals surface area contributed by atoms with Crippen molar-refractivity contribution in [2.24, 2.45) is 5.84 Å². The van der Waals surface area contributed by atoms with Gasteiger partial charge in [0.25, 0.3) is 0 Å². The van der Waals surface area contributed by atoms with Gasteiger partial charge in [0.1, 0.15) is 0 Å². The van der Waals surface area contributed by atoms with E-state index in [4.69, 9.17) is 5.84 Å². The standard InChI is InChI=1S/C12H22N4O3/c1-2-6-15-8-12(19)16(9-11(15)18)7-4-3-5-10(17)14-13/h2-9,13H2,1H3,(H,14,17). The lowest BCUT2D eigenvalue weighted by Crippen LogP contribution is -2.54. The van der Waals surface area contributed by atoms with Crippen molar-refractivity contribution in [1.82, 2.24) is 15.2 Å². The lowest BCUT2D eigenvalue weighted by atomic mass is 10.2. The molecule has 0 saturated carbocycles. The van der Waals surface area contributed by atoms with E-state index in [1.807, 2.05) is 6.92 Å². The number of amides is 3. The van der Waals surface area contributed by atoms with Crippen LogP contribution in [0.25, 0.3) is 0 Å². The summed E-state index contributed by atoms with van der Waals surface area (Å²) in [5.41, 5.74) is 2.06. The predicted molar refractivity (Wildman–Crippen MR) is 69.6 cm³/mol. The van der Waals surface area contributed by atoms with Gasteiger partial charge >= 0.3 is 0 Å². The molecule has 0 aliphatic carbocycles. The first kappa shape index (κ1) is 15.4. The molecule has 1 saturated heterocycles. The van der Waals surface area contributed by atoms with Crippen molar-refractivity contribution >= 4 is 17.7 Å². The zero-order valence-electron chi connectivity index (χ0n) is 11.4. The van der Waals surface area contributed by atoms with E-state index in [1.54, 1.807) is 9.80 Å². The number of rotatable bonds is 7. The molecule has 3 N–H and O–H groups in total. The molecule has 108 valence electrons. The largest absolute Gasteiger partial charge is 0.332 e. The van der Waals surface area contributed by atoms with E-state index in [-0.39, 0.29) is 30.8 Å². The molecule has 7 nitrogen and oxygen atoms in total. The number of nitrogens with one attached hydrogen (secondary N) is 1. The lowest BCUT2D eigenvalue weighted by Gasteiger charge is -2.33. The van der Waals surface area contributed by atoms with Crippen molar-refractivity contribution in [3.05, 3.63) is 0 Å². The second-order valence-corrected chi connectivity index (χ2v) is 4.66. The summed E-state index contributed by atoms with van der Waals surface area (Å²) < 4.78 is 0. The summed E-state index contributed by atoms with van der Waals surface area (Å²) in [4.78, 5) is 37.7. The van der Waals surface area contributed by atoms with Gasteiger partial charge in [0.15, 0.2) is 0 Å². The van der Waals surface area contributed by atoms with E-state index >= 15 is 0 Å². The van der Waals surface area contributed by atoms with E-state index < -0.39 is 0 Å². The van der Waals surface area contributed by atoms with Crippen LogP contribution in [-0.4, -0.2) is 53.7 Å². The number of unbranched alkanes of at least 4 members (excludes halogenated alkanes) is 1. The molecular formula is C12H22N4O3. The molecule has 1 aliphatic rings. The molecule has 0 aromatic carbocycles. The van der Waals surface area contributed by atoms with Crippen molar-refractivity contribution in [3.8, 4) is 0 Å². The molecule has 3 amide bonds. The summed E-state index contributed by atoms with van der Waals surface area (Å²) in [6.45, 7) is 3.46. The Balaban J connectivity index is 2.30. The average molecular weight is 270 g/mol. The third-order valence-corrected chi connectivity index (χ3v) is 3.09. The summed E-state index contributed by atoms with van der Waals surface area (Å²) in [7, 11) is 0. The van der Waals surface area contributed by atoms with E-state index in [0.717, 1.165) is 6.42 Å². The third-order valence-electron chi connectivity index (χ3n) is 3.09. The Morgan fingerprint density at radius 2 is 1.74 bits per heavy atom. The highest BCUT2D eigenvalue weighted by Gasteiger charge is 2.28. The molecule has 0 aromatic rings. The summed E-state index contributed by atoms with van der Waals surface area (Å²) in [5.74, 6) is 4.74. The van der Waals surface area contributed by atoms with Crippen molar-refractivity contribution in [2.75, 3.05) is 26.2 Å². The van der Waals surface area contributed by atoms with Crippen molar-refractivity contribution in [2.45, 2.75) is 32.6 Å². The maximum Gasteiger partial charge on any atom is 0.242 e. The fraction of sp³-hybridized carbons (Fsp3) is 0.750. The Morgan fingerprint density at radius 1 is 1.16 bits per heavy atom. The van der Waals surface area contributed by atoms with Gasteiger partial charge in [0.05, 0.1) is 13.1 Å². The number of nitrogens with zero attached hydrogens (tertiary/aromatic N) is 2. The highest BCUT2D eigenvalue weighted by atomic mass is 16.2. The monoisotopic (exact) mass is 270 g/mol. The number of nitrogens with two attached hydrogens (primary N) is 1. The average Bonchev–Trinajstić information content (AvgIpc) is 2.39. The first-order chi connectivity index (χ1) is 9.08. The van der Waals surface area contributed by atoms with Gasteiger partial charge in [-0.25, -0.2) is 5.84 Å². The van der Waals surface area contributed by atoms with Gasteiger partial charge in [-0.2, -0.15) is 0 Å². The van der Waals surface area contributed by atoms with Crippen LogP contribution in [0, 0.1) is 0 Å². The molecular weight excluding hydrogens is 248 g/mol. The van der Waals surface area contributed by atoms with Crippen LogP contribution in [0.3, 0.4) is 0 Å². The maximum absolute atomic E-state index is 11.8. The number of hydrogen-bond acceptors (Lipinski definition) is 4. The van der Waals surface area contributed by atoms with Crippen LogP contribution in [0.4, 0.5) is 0 Å². The van der Waals surface area contributed by atoms with Gasteiger partial charge in [-0.15, -0.1) is 0 Å². The summed E-state index contributed by atoms with van der Waals surface area (Å²) >= 11 is 0. The topological polar surface area (TPSA) is 95.7 Å². The first-order valence-corrected chi connectivity index (χ1v) is 6.63. The molecule has 0 unspecified atom stereocenters. The molecule has 1 fully saturated rings. The van der Waals surface area contributed by atoms with Crippen LogP contribution in [0.1, 0.15) is 32.6 Å². The Kier molecular flexibility index (Phi) is 6.27. The quantitative estimate of drug-likeness (QED) is 0.275. The normalized spacial score (nSPS) is 15.9. The Morgan fingerprint density at radius 3 is 2.26 bits per heavy atom. The van der Waals surface area contributed by atoms with E-state index in [2.05, 4.69) is 5.43 Å². The molecule has 19 heavy (non-hydrogen) atoms. The molecule has 1 heterocycles. The minimum absolute atomic E-state index is 0.00107. The zero-order chi connectivity index (χ0) is 14.3. The SMILES string of the molecule is CCCN1CC(=O)N(CCCCC(=O)NN)CC1=O. The number of carbonyl (C=O) groups excluding carboxylic acids is 3. The van der Waals surface area contributed by atoms with E-state index in [0.29, 0.717) is 32.4 Å². The first-order valence-electron chi connectivity index (χ1n) is 6.63. The molecule has 0 radical (unpaired) electrons. The van der Waals surface area contributed by atoms with Crippen molar-refractivity contribution < 1.29 is 14.4 Å². The van der Waals surface area contributed by atoms with Gasteiger partial charge in [-0.1, -0.05) is 6.92 Å². The third kappa shape index (κ3) is 4.86. The van der Waals surface area contributed by atoms with Gasteiger partial charge in [-0.3, -0.25) is 19.8 Å². The van der Waals surface area contributed by atoms with Crippen LogP contribution in [0.5, 0.6) is 0 Å². The molecule has 0 atom stereocenters. The number of hydrazine groups is 1. The maximum atomic E-state index is 11.8. The minimum Gasteiger partial charge on any atom is -0.332 e. The summed E-state index contributed by atoms with van der Waals surface area (Å²) in [5, 5.41) is 0. The van der Waals surface area contributed by atoms with Crippen LogP contribution in [-0.2, 0) is 14.4 Å². The Hall–Kier alpha value is -1.63. The number of piperazine rings is 1. The van der Waals surface area contributed by atoms with E-state index in [9.17, 15) is 14.4 Å². The van der Waals surface area contributed by atoms with Crippen LogP contribution < -0.4 is 11.3 Å². The fourth-order valence-corrected chi connectivity index (χ4v) is 2.04. The lowest BCUT2D eigenvalue weighted by molar-refractivity contribution is -0.150. The Bertz CT molecular complexity index is 346. The van der Waals surface area contributed by atoms with Crippen LogP contribution in [0.15, 0.2) is 0 Å². The molecule has 1 rings (SSSR count).